The van der Waals surface area contributed by atoms with Crippen molar-refractivity contribution >= 4 is 21.7 Å². The normalized spacial score (nSPS) is 17.9. The summed E-state index contributed by atoms with van der Waals surface area (Å²) in [5, 5.41) is 7.07. The second-order valence-corrected chi connectivity index (χ2v) is 8.29. The van der Waals surface area contributed by atoms with Gasteiger partial charge in [0.25, 0.3) is 0 Å². The van der Waals surface area contributed by atoms with Gasteiger partial charge in [-0.25, -0.2) is 17.9 Å². The first-order valence-electron chi connectivity index (χ1n) is 8.49. The number of aromatic nitrogens is 2. The summed E-state index contributed by atoms with van der Waals surface area (Å²) in [6, 6.07) is 9.01. The van der Waals surface area contributed by atoms with Crippen molar-refractivity contribution in [3.63, 3.8) is 0 Å². The highest BCUT2D eigenvalue weighted by Crippen LogP contribution is 2.15. The van der Waals surface area contributed by atoms with Gasteiger partial charge in [-0.2, -0.15) is 5.10 Å². The molecule has 1 aliphatic heterocycles. The number of hydrogen-bond donors (Lipinski definition) is 2. The van der Waals surface area contributed by atoms with Crippen LogP contribution in [-0.2, 0) is 16.6 Å². The Kier molecular flexibility index (Phi) is 5.58. The number of sulfonamides is 1. The first-order valence-corrected chi connectivity index (χ1v) is 10.4. The van der Waals surface area contributed by atoms with Crippen LogP contribution in [0.1, 0.15) is 18.4 Å². The van der Waals surface area contributed by atoms with Crippen LogP contribution in [0.5, 0.6) is 0 Å². The highest BCUT2D eigenvalue weighted by Gasteiger charge is 2.25. The lowest BCUT2D eigenvalue weighted by Crippen LogP contribution is -2.50. The number of carbonyl (C=O) groups excluding carboxylic acids is 1. The lowest BCUT2D eigenvalue weighted by atomic mass is 10.1. The molecule has 2 N–H and O–H groups in total. The number of rotatable bonds is 5. The molecule has 3 rings (SSSR count). The van der Waals surface area contributed by atoms with Crippen LogP contribution in [-0.4, -0.2) is 54.5 Å². The fourth-order valence-electron chi connectivity index (χ4n) is 3.09. The van der Waals surface area contributed by atoms with Gasteiger partial charge in [0.1, 0.15) is 0 Å². The topological polar surface area (TPSA) is 96.3 Å². The highest BCUT2D eigenvalue weighted by atomic mass is 32.2. The third-order valence-corrected chi connectivity index (χ3v) is 4.93. The SMILES string of the molecule is CS(=O)(=O)NC1CCCN(C(=O)Nc2cccc(Cn3cccn3)c2)C1. The summed E-state index contributed by atoms with van der Waals surface area (Å²) in [6.45, 7) is 1.60. The zero-order chi connectivity index (χ0) is 18.6. The van der Waals surface area contributed by atoms with Crippen LogP contribution < -0.4 is 10.0 Å². The maximum absolute atomic E-state index is 12.5. The van der Waals surface area contributed by atoms with Crippen LogP contribution in [0.2, 0.25) is 0 Å². The molecule has 8 nitrogen and oxygen atoms in total. The Bertz CT molecular complexity index is 851. The number of hydrogen-bond acceptors (Lipinski definition) is 4. The Morgan fingerprint density at radius 3 is 2.92 bits per heavy atom. The average molecular weight is 377 g/mol. The molecular weight excluding hydrogens is 354 g/mol. The predicted octanol–water partition coefficient (Wildman–Crippen LogP) is 1.48. The molecule has 0 aliphatic carbocycles. The summed E-state index contributed by atoms with van der Waals surface area (Å²) < 4.78 is 27.2. The van der Waals surface area contributed by atoms with E-state index in [2.05, 4.69) is 15.1 Å². The maximum Gasteiger partial charge on any atom is 0.321 e. The van der Waals surface area contributed by atoms with E-state index >= 15 is 0 Å². The first-order chi connectivity index (χ1) is 12.4. The van der Waals surface area contributed by atoms with Crippen molar-refractivity contribution < 1.29 is 13.2 Å². The smallest absolute Gasteiger partial charge is 0.321 e. The summed E-state index contributed by atoms with van der Waals surface area (Å²) in [6.07, 6.45) is 6.24. The van der Waals surface area contributed by atoms with Gasteiger partial charge in [-0.05, 0) is 36.6 Å². The zero-order valence-electron chi connectivity index (χ0n) is 14.6. The molecule has 1 atom stereocenters. The molecule has 1 fully saturated rings. The lowest BCUT2D eigenvalue weighted by Gasteiger charge is -2.32. The van der Waals surface area contributed by atoms with E-state index in [0.29, 0.717) is 25.3 Å². The second-order valence-electron chi connectivity index (χ2n) is 6.51. The monoisotopic (exact) mass is 377 g/mol. The number of nitrogens with one attached hydrogen (secondary N) is 2. The number of anilines is 1. The Morgan fingerprint density at radius 2 is 2.19 bits per heavy atom. The van der Waals surface area contributed by atoms with Gasteiger partial charge in [-0.1, -0.05) is 12.1 Å². The minimum atomic E-state index is -3.28. The van der Waals surface area contributed by atoms with E-state index in [1.807, 2.05) is 41.2 Å². The fraction of sp³-hybridized carbons (Fsp3) is 0.412. The molecule has 0 saturated carbocycles. The standard InChI is InChI=1S/C17H23N5O3S/c1-26(24,25)20-16-7-3-9-21(13-16)17(23)19-15-6-2-5-14(11-15)12-22-10-4-8-18-22/h2,4-6,8,10-11,16,20H,3,7,9,12-13H2,1H3,(H,19,23). The van der Waals surface area contributed by atoms with Crippen molar-refractivity contribution in [3.05, 3.63) is 48.3 Å². The molecule has 1 saturated heterocycles. The van der Waals surface area contributed by atoms with E-state index < -0.39 is 10.0 Å². The van der Waals surface area contributed by atoms with Gasteiger partial charge in [0, 0.05) is 37.2 Å². The van der Waals surface area contributed by atoms with E-state index in [9.17, 15) is 13.2 Å². The van der Waals surface area contributed by atoms with E-state index in [4.69, 9.17) is 0 Å². The molecule has 0 spiro atoms. The predicted molar refractivity (Wildman–Crippen MR) is 99.4 cm³/mol. The molecule has 0 bridgehead atoms. The molecule has 1 unspecified atom stereocenters. The molecule has 9 heteroatoms. The minimum Gasteiger partial charge on any atom is -0.323 e. The number of benzene rings is 1. The molecule has 1 aliphatic rings. The quantitative estimate of drug-likeness (QED) is 0.825. The van der Waals surface area contributed by atoms with Crippen LogP contribution in [0.3, 0.4) is 0 Å². The summed E-state index contributed by atoms with van der Waals surface area (Å²) in [7, 11) is -3.28. The fourth-order valence-corrected chi connectivity index (χ4v) is 3.89. The van der Waals surface area contributed by atoms with Crippen molar-refractivity contribution in [1.29, 1.82) is 0 Å². The van der Waals surface area contributed by atoms with E-state index in [1.165, 1.54) is 0 Å². The zero-order valence-corrected chi connectivity index (χ0v) is 15.4. The number of urea groups is 1. The van der Waals surface area contributed by atoms with Crippen molar-refractivity contribution in [1.82, 2.24) is 19.4 Å². The van der Waals surface area contributed by atoms with Gasteiger partial charge >= 0.3 is 6.03 Å². The van der Waals surface area contributed by atoms with Gasteiger partial charge in [0.05, 0.1) is 12.8 Å². The largest absolute Gasteiger partial charge is 0.323 e. The summed E-state index contributed by atoms with van der Waals surface area (Å²) in [5.41, 5.74) is 1.74. The van der Waals surface area contributed by atoms with Gasteiger partial charge in [-0.15, -0.1) is 0 Å². The number of likely N-dealkylation sites (tertiary alicyclic amines) is 1. The lowest BCUT2D eigenvalue weighted by molar-refractivity contribution is 0.190. The van der Waals surface area contributed by atoms with E-state index in [1.54, 1.807) is 11.1 Å². The van der Waals surface area contributed by atoms with Crippen molar-refractivity contribution in [2.24, 2.45) is 0 Å². The Hall–Kier alpha value is -2.39. The van der Waals surface area contributed by atoms with Crippen LogP contribution in [0.25, 0.3) is 0 Å². The minimum absolute atomic E-state index is 0.221. The molecule has 2 aromatic rings. The summed E-state index contributed by atoms with van der Waals surface area (Å²) in [5.74, 6) is 0. The third-order valence-electron chi connectivity index (χ3n) is 4.17. The number of nitrogens with zero attached hydrogens (tertiary/aromatic N) is 3. The molecule has 1 aromatic carbocycles. The van der Waals surface area contributed by atoms with Gasteiger partial charge < -0.3 is 10.2 Å². The Labute approximate surface area is 153 Å². The van der Waals surface area contributed by atoms with Crippen LogP contribution in [0.15, 0.2) is 42.7 Å². The van der Waals surface area contributed by atoms with Crippen LogP contribution >= 0.6 is 0 Å². The molecule has 2 amide bonds. The summed E-state index contributed by atoms with van der Waals surface area (Å²) >= 11 is 0. The van der Waals surface area contributed by atoms with Gasteiger partial charge in [0.2, 0.25) is 10.0 Å². The molecule has 140 valence electrons. The highest BCUT2D eigenvalue weighted by molar-refractivity contribution is 7.88. The van der Waals surface area contributed by atoms with Crippen molar-refractivity contribution in [2.45, 2.75) is 25.4 Å². The van der Waals surface area contributed by atoms with E-state index in [0.717, 1.165) is 24.7 Å². The van der Waals surface area contributed by atoms with Crippen molar-refractivity contribution in [3.8, 4) is 0 Å². The molecule has 26 heavy (non-hydrogen) atoms. The van der Waals surface area contributed by atoms with Crippen LogP contribution in [0.4, 0.5) is 10.5 Å². The number of carbonyl (C=O) groups is 1. The Morgan fingerprint density at radius 1 is 1.35 bits per heavy atom. The van der Waals surface area contributed by atoms with Gasteiger partial charge in [0.15, 0.2) is 0 Å². The third kappa shape index (κ3) is 5.30. The molecular formula is C17H23N5O3S. The number of amides is 2. The van der Waals surface area contributed by atoms with E-state index in [-0.39, 0.29) is 12.1 Å². The van der Waals surface area contributed by atoms with Crippen LogP contribution in [0, 0.1) is 0 Å². The number of piperidine rings is 1. The molecule has 0 radical (unpaired) electrons. The average Bonchev–Trinajstić information content (AvgIpc) is 3.07. The van der Waals surface area contributed by atoms with Gasteiger partial charge in [-0.3, -0.25) is 4.68 Å². The van der Waals surface area contributed by atoms with Crippen molar-refractivity contribution in [2.75, 3.05) is 24.7 Å². The summed E-state index contributed by atoms with van der Waals surface area (Å²) in [4.78, 5) is 14.2. The first kappa shape index (κ1) is 18.4. The molecule has 2 heterocycles. The Balaban J connectivity index is 1.60. The second kappa shape index (κ2) is 7.88. The molecule has 1 aromatic heterocycles. The maximum atomic E-state index is 12.5.